The first-order chi connectivity index (χ1) is 13.7. The highest BCUT2D eigenvalue weighted by molar-refractivity contribution is 7.98. The number of aromatic nitrogens is 5. The van der Waals surface area contributed by atoms with E-state index in [0.29, 0.717) is 39.3 Å². The van der Waals surface area contributed by atoms with Gasteiger partial charge in [-0.05, 0) is 43.2 Å². The zero-order valence-corrected chi connectivity index (χ0v) is 16.4. The highest BCUT2D eigenvalue weighted by Crippen LogP contribution is 2.24. The van der Waals surface area contributed by atoms with Crippen LogP contribution in [0.1, 0.15) is 30.6 Å². The molecule has 0 saturated carbocycles. The van der Waals surface area contributed by atoms with Crippen LogP contribution in [-0.4, -0.2) is 24.7 Å². The number of hydrogen-bond acceptors (Lipinski definition) is 7. The quantitative estimate of drug-likeness (QED) is 0.364. The predicted molar refractivity (Wildman–Crippen MR) is 108 cm³/mol. The van der Waals surface area contributed by atoms with Gasteiger partial charge in [0.15, 0.2) is 11.0 Å². The van der Waals surface area contributed by atoms with Gasteiger partial charge in [-0.15, -0.1) is 0 Å². The number of para-hydroxylation sites is 1. The van der Waals surface area contributed by atoms with Crippen LogP contribution in [0.5, 0.6) is 0 Å². The normalized spacial score (nSPS) is 11.2. The Morgan fingerprint density at radius 2 is 2.04 bits per heavy atom. The molecular weight excluding hydrogens is 374 g/mol. The summed E-state index contributed by atoms with van der Waals surface area (Å²) in [5.41, 5.74) is 1.52. The molecule has 0 amide bonds. The van der Waals surface area contributed by atoms with E-state index in [2.05, 4.69) is 22.0 Å². The number of pyridine rings is 1. The van der Waals surface area contributed by atoms with E-state index in [0.717, 1.165) is 18.4 Å². The van der Waals surface area contributed by atoms with Gasteiger partial charge in [0.05, 0.1) is 16.7 Å². The van der Waals surface area contributed by atoms with E-state index < -0.39 is 0 Å². The third-order valence-corrected chi connectivity index (χ3v) is 5.11. The first-order valence-corrected chi connectivity index (χ1v) is 10.0. The summed E-state index contributed by atoms with van der Waals surface area (Å²) in [4.78, 5) is 26.6. The number of fused-ring (bicyclic) bond motifs is 1. The molecule has 142 valence electrons. The summed E-state index contributed by atoms with van der Waals surface area (Å²) in [5.74, 6) is 2.18. The number of rotatable bonds is 6. The molecule has 0 spiro atoms. The molecule has 0 aliphatic carbocycles. The number of hydrogen-bond donors (Lipinski definition) is 0. The van der Waals surface area contributed by atoms with E-state index in [4.69, 9.17) is 9.51 Å². The summed E-state index contributed by atoms with van der Waals surface area (Å²) in [6.07, 6.45) is 3.42. The Hall–Kier alpha value is -3.00. The minimum Gasteiger partial charge on any atom is -0.338 e. The van der Waals surface area contributed by atoms with Gasteiger partial charge in [-0.1, -0.05) is 36.0 Å². The monoisotopic (exact) mass is 393 g/mol. The maximum atomic E-state index is 13.2. The maximum Gasteiger partial charge on any atom is 0.267 e. The molecule has 0 bridgehead atoms. The van der Waals surface area contributed by atoms with Crippen LogP contribution < -0.4 is 5.56 Å². The fourth-order valence-electron chi connectivity index (χ4n) is 2.85. The van der Waals surface area contributed by atoms with Gasteiger partial charge >= 0.3 is 0 Å². The largest absolute Gasteiger partial charge is 0.338 e. The van der Waals surface area contributed by atoms with E-state index in [1.165, 1.54) is 11.8 Å². The van der Waals surface area contributed by atoms with Crippen LogP contribution in [0.4, 0.5) is 0 Å². The summed E-state index contributed by atoms with van der Waals surface area (Å²) in [6, 6.07) is 11.1. The van der Waals surface area contributed by atoms with Crippen LogP contribution >= 0.6 is 11.8 Å². The van der Waals surface area contributed by atoms with Gasteiger partial charge in [0.2, 0.25) is 5.89 Å². The molecule has 3 heterocycles. The lowest BCUT2D eigenvalue weighted by Crippen LogP contribution is -2.22. The van der Waals surface area contributed by atoms with Gasteiger partial charge < -0.3 is 4.52 Å². The van der Waals surface area contributed by atoms with Crippen molar-refractivity contribution in [2.24, 2.45) is 0 Å². The molecule has 0 aliphatic heterocycles. The molecule has 0 unspecified atom stereocenters. The van der Waals surface area contributed by atoms with Gasteiger partial charge in [-0.25, -0.2) is 14.5 Å². The van der Waals surface area contributed by atoms with Crippen LogP contribution in [-0.2, 0) is 12.2 Å². The van der Waals surface area contributed by atoms with Crippen molar-refractivity contribution in [1.82, 2.24) is 24.7 Å². The fourth-order valence-corrected chi connectivity index (χ4v) is 3.69. The molecule has 28 heavy (non-hydrogen) atoms. The van der Waals surface area contributed by atoms with Crippen molar-refractivity contribution in [2.75, 3.05) is 0 Å². The van der Waals surface area contributed by atoms with E-state index >= 15 is 0 Å². The second-order valence-electron chi connectivity index (χ2n) is 6.39. The van der Waals surface area contributed by atoms with Crippen molar-refractivity contribution < 1.29 is 4.52 Å². The first kappa shape index (κ1) is 18.4. The lowest BCUT2D eigenvalue weighted by Gasteiger charge is -2.12. The topological polar surface area (TPSA) is 86.7 Å². The molecule has 0 radical (unpaired) electrons. The van der Waals surface area contributed by atoms with Crippen LogP contribution in [0.15, 0.2) is 57.1 Å². The number of aryl methyl sites for hydroxylation is 2. The Morgan fingerprint density at radius 1 is 1.18 bits per heavy atom. The van der Waals surface area contributed by atoms with E-state index in [-0.39, 0.29) is 5.56 Å². The fraction of sp³-hybridized carbons (Fsp3) is 0.250. The molecule has 7 nitrogen and oxygen atoms in total. The average Bonchev–Trinajstić information content (AvgIpc) is 3.14. The zero-order valence-electron chi connectivity index (χ0n) is 15.6. The molecule has 0 atom stereocenters. The van der Waals surface area contributed by atoms with Crippen molar-refractivity contribution in [3.63, 3.8) is 0 Å². The second-order valence-corrected chi connectivity index (χ2v) is 7.33. The van der Waals surface area contributed by atoms with Gasteiger partial charge in [0.1, 0.15) is 5.82 Å². The van der Waals surface area contributed by atoms with Crippen LogP contribution in [0.2, 0.25) is 0 Å². The van der Waals surface area contributed by atoms with Crippen LogP contribution in [0, 0.1) is 6.92 Å². The molecule has 0 aliphatic rings. The maximum absolute atomic E-state index is 13.2. The number of nitrogens with zero attached hydrogens (tertiary/aromatic N) is 5. The van der Waals surface area contributed by atoms with E-state index in [9.17, 15) is 4.79 Å². The first-order valence-electron chi connectivity index (χ1n) is 9.05. The van der Waals surface area contributed by atoms with Gasteiger partial charge in [0, 0.05) is 12.6 Å². The molecular formula is C20H19N5O2S. The van der Waals surface area contributed by atoms with Crippen molar-refractivity contribution in [2.45, 2.75) is 37.6 Å². The Bertz CT molecular complexity index is 1180. The van der Waals surface area contributed by atoms with Crippen LogP contribution in [0.3, 0.4) is 0 Å². The summed E-state index contributed by atoms with van der Waals surface area (Å²) < 4.78 is 6.85. The minimum atomic E-state index is -0.150. The third-order valence-electron chi connectivity index (χ3n) is 4.18. The molecule has 0 fully saturated rings. The predicted octanol–water partition coefficient (Wildman–Crippen LogP) is 3.72. The molecule has 4 rings (SSSR count). The third kappa shape index (κ3) is 3.68. The van der Waals surface area contributed by atoms with Gasteiger partial charge in [-0.2, -0.15) is 4.98 Å². The van der Waals surface area contributed by atoms with Crippen molar-refractivity contribution in [3.8, 4) is 5.82 Å². The Kier molecular flexibility index (Phi) is 5.21. The zero-order chi connectivity index (χ0) is 19.5. The molecule has 1 aromatic carbocycles. The highest BCUT2D eigenvalue weighted by Gasteiger charge is 2.16. The summed E-state index contributed by atoms with van der Waals surface area (Å²) >= 11 is 1.38. The molecule has 3 aromatic heterocycles. The summed E-state index contributed by atoms with van der Waals surface area (Å²) in [5, 5.41) is 5.07. The Balaban J connectivity index is 1.77. The van der Waals surface area contributed by atoms with Crippen molar-refractivity contribution in [1.29, 1.82) is 0 Å². The minimum absolute atomic E-state index is 0.150. The van der Waals surface area contributed by atoms with Gasteiger partial charge in [-0.3, -0.25) is 4.79 Å². The average molecular weight is 393 g/mol. The Morgan fingerprint density at radius 3 is 2.86 bits per heavy atom. The number of benzene rings is 1. The van der Waals surface area contributed by atoms with E-state index in [1.54, 1.807) is 16.8 Å². The lowest BCUT2D eigenvalue weighted by atomic mass is 10.2. The van der Waals surface area contributed by atoms with Crippen molar-refractivity contribution in [3.05, 3.63) is 70.2 Å². The smallest absolute Gasteiger partial charge is 0.267 e. The van der Waals surface area contributed by atoms with Gasteiger partial charge in [0.25, 0.3) is 5.56 Å². The standard InChI is InChI=1S/C20H19N5O2S/c1-3-6-16-23-18(27-24-16)12-28-20-22-15-8-5-4-7-14(15)19(26)25(20)17-11-13(2)9-10-21-17/h4-5,7-11H,3,6,12H2,1-2H3. The highest BCUT2D eigenvalue weighted by atomic mass is 32.2. The summed E-state index contributed by atoms with van der Waals surface area (Å²) in [7, 11) is 0. The van der Waals surface area contributed by atoms with E-state index in [1.807, 2.05) is 37.3 Å². The Labute approximate surface area is 165 Å². The molecule has 4 aromatic rings. The van der Waals surface area contributed by atoms with Crippen LogP contribution in [0.25, 0.3) is 16.7 Å². The SMILES string of the molecule is CCCc1noc(CSc2nc3ccccc3c(=O)n2-c2cc(C)ccn2)n1. The second kappa shape index (κ2) is 7.93. The number of thioether (sulfide) groups is 1. The summed E-state index contributed by atoms with van der Waals surface area (Å²) in [6.45, 7) is 4.03. The lowest BCUT2D eigenvalue weighted by molar-refractivity contribution is 0.384. The molecule has 0 N–H and O–H groups in total. The van der Waals surface area contributed by atoms with Crippen molar-refractivity contribution >= 4 is 22.7 Å². The molecule has 8 heteroatoms. The molecule has 0 saturated heterocycles.